The van der Waals surface area contributed by atoms with Crippen LogP contribution in [0.4, 0.5) is 5.69 Å². The second-order valence-corrected chi connectivity index (χ2v) is 5.44. The molecule has 2 aromatic rings. The standard InChI is InChI=1S/C13H10BrClN2O3/c1-7-3-10(4-8(2)12(7)14)20-13-11(17(18)19)5-9(15)6-16-13/h3-6H,1-2H3. The number of benzene rings is 1. The van der Waals surface area contributed by atoms with E-state index in [1.54, 1.807) is 12.1 Å². The predicted octanol–water partition coefficient (Wildman–Crippen LogP) is 4.81. The van der Waals surface area contributed by atoms with Gasteiger partial charge in [0.15, 0.2) is 0 Å². The summed E-state index contributed by atoms with van der Waals surface area (Å²) in [5.74, 6) is 0.404. The number of aryl methyl sites for hydroxylation is 2. The average molecular weight is 358 g/mol. The molecule has 0 atom stereocenters. The predicted molar refractivity (Wildman–Crippen MR) is 79.6 cm³/mol. The Balaban J connectivity index is 2.42. The number of halogens is 2. The molecule has 7 heteroatoms. The number of hydrogen-bond acceptors (Lipinski definition) is 4. The maximum absolute atomic E-state index is 11.0. The average Bonchev–Trinajstić information content (AvgIpc) is 2.37. The molecule has 0 aliphatic carbocycles. The van der Waals surface area contributed by atoms with E-state index in [0.29, 0.717) is 5.75 Å². The Bertz CT molecular complexity index is 668. The first-order valence-electron chi connectivity index (χ1n) is 5.63. The largest absolute Gasteiger partial charge is 0.434 e. The third kappa shape index (κ3) is 3.08. The number of pyridine rings is 1. The lowest BCUT2D eigenvalue weighted by Crippen LogP contribution is -1.96. The minimum atomic E-state index is -0.577. The zero-order valence-corrected chi connectivity index (χ0v) is 13.0. The van der Waals surface area contributed by atoms with Crippen LogP contribution < -0.4 is 4.74 Å². The molecule has 0 fully saturated rings. The lowest BCUT2D eigenvalue weighted by atomic mass is 10.1. The third-order valence-corrected chi connectivity index (χ3v) is 4.08. The van der Waals surface area contributed by atoms with Crippen molar-refractivity contribution >= 4 is 33.2 Å². The van der Waals surface area contributed by atoms with Crippen LogP contribution in [-0.4, -0.2) is 9.91 Å². The van der Waals surface area contributed by atoms with Gasteiger partial charge in [0.1, 0.15) is 5.75 Å². The molecule has 2 rings (SSSR count). The van der Waals surface area contributed by atoms with Gasteiger partial charge in [-0.3, -0.25) is 10.1 Å². The van der Waals surface area contributed by atoms with Gasteiger partial charge in [-0.15, -0.1) is 0 Å². The Morgan fingerprint density at radius 3 is 2.45 bits per heavy atom. The van der Waals surface area contributed by atoms with E-state index >= 15 is 0 Å². The molecular weight excluding hydrogens is 348 g/mol. The molecule has 0 saturated heterocycles. The van der Waals surface area contributed by atoms with Gasteiger partial charge in [0.05, 0.1) is 16.1 Å². The van der Waals surface area contributed by atoms with E-state index in [1.165, 1.54) is 12.3 Å². The van der Waals surface area contributed by atoms with E-state index < -0.39 is 4.92 Å². The highest BCUT2D eigenvalue weighted by molar-refractivity contribution is 9.10. The van der Waals surface area contributed by atoms with Crippen molar-refractivity contribution in [2.24, 2.45) is 0 Å². The van der Waals surface area contributed by atoms with Crippen LogP contribution in [0.15, 0.2) is 28.9 Å². The van der Waals surface area contributed by atoms with E-state index in [-0.39, 0.29) is 16.6 Å². The van der Waals surface area contributed by atoms with E-state index in [4.69, 9.17) is 16.3 Å². The first-order valence-corrected chi connectivity index (χ1v) is 6.80. The molecule has 0 amide bonds. The molecule has 5 nitrogen and oxygen atoms in total. The molecule has 20 heavy (non-hydrogen) atoms. The summed E-state index contributed by atoms with van der Waals surface area (Å²) in [5, 5.41) is 11.2. The van der Waals surface area contributed by atoms with Gasteiger partial charge in [-0.1, -0.05) is 27.5 Å². The van der Waals surface area contributed by atoms with Gasteiger partial charge in [-0.05, 0) is 37.1 Å². The Kier molecular flexibility index (Phi) is 4.25. The summed E-state index contributed by atoms with van der Waals surface area (Å²) in [7, 11) is 0. The SMILES string of the molecule is Cc1cc(Oc2ncc(Cl)cc2[N+](=O)[O-])cc(C)c1Br. The van der Waals surface area contributed by atoms with Crippen molar-refractivity contribution in [2.45, 2.75) is 13.8 Å². The van der Waals surface area contributed by atoms with Crippen molar-refractivity contribution in [1.82, 2.24) is 4.98 Å². The monoisotopic (exact) mass is 356 g/mol. The first kappa shape index (κ1) is 14.7. The second kappa shape index (κ2) is 5.76. The topological polar surface area (TPSA) is 65.3 Å². The molecule has 1 aromatic heterocycles. The van der Waals surface area contributed by atoms with Gasteiger partial charge in [0, 0.05) is 10.5 Å². The fourth-order valence-corrected chi connectivity index (χ4v) is 2.08. The number of nitro groups is 1. The van der Waals surface area contributed by atoms with Crippen molar-refractivity contribution in [3.63, 3.8) is 0 Å². The van der Waals surface area contributed by atoms with Gasteiger partial charge >= 0.3 is 5.69 Å². The lowest BCUT2D eigenvalue weighted by Gasteiger charge is -2.09. The van der Waals surface area contributed by atoms with Gasteiger partial charge in [-0.2, -0.15) is 0 Å². The zero-order valence-electron chi connectivity index (χ0n) is 10.7. The fourth-order valence-electron chi connectivity index (χ4n) is 1.70. The van der Waals surface area contributed by atoms with Crippen molar-refractivity contribution < 1.29 is 9.66 Å². The molecule has 1 aromatic carbocycles. The first-order chi connectivity index (χ1) is 9.38. The molecule has 0 unspecified atom stereocenters. The van der Waals surface area contributed by atoms with Crippen LogP contribution in [-0.2, 0) is 0 Å². The summed E-state index contributed by atoms with van der Waals surface area (Å²) in [6.07, 6.45) is 1.31. The third-order valence-electron chi connectivity index (χ3n) is 2.62. The number of ether oxygens (including phenoxy) is 1. The summed E-state index contributed by atoms with van der Waals surface area (Å²) < 4.78 is 6.49. The van der Waals surface area contributed by atoms with Crippen molar-refractivity contribution in [1.29, 1.82) is 0 Å². The maximum Gasteiger partial charge on any atom is 0.332 e. The molecule has 0 bridgehead atoms. The zero-order chi connectivity index (χ0) is 14.9. The molecular formula is C13H10BrClN2O3. The molecule has 104 valence electrons. The quantitative estimate of drug-likeness (QED) is 0.584. The van der Waals surface area contributed by atoms with Crippen molar-refractivity contribution in [3.05, 3.63) is 55.1 Å². The molecule has 1 heterocycles. The van der Waals surface area contributed by atoms with Crippen molar-refractivity contribution in [3.8, 4) is 11.6 Å². The van der Waals surface area contributed by atoms with Gasteiger partial charge in [0.25, 0.3) is 5.88 Å². The molecule has 0 radical (unpaired) electrons. The summed E-state index contributed by atoms with van der Waals surface area (Å²) in [4.78, 5) is 14.3. The van der Waals surface area contributed by atoms with E-state index in [9.17, 15) is 10.1 Å². The molecule has 0 N–H and O–H groups in total. The van der Waals surface area contributed by atoms with Crippen LogP contribution in [0.2, 0.25) is 5.02 Å². The minimum Gasteiger partial charge on any atom is -0.434 e. The maximum atomic E-state index is 11.0. The number of nitrogens with zero attached hydrogens (tertiary/aromatic N) is 2. The van der Waals surface area contributed by atoms with Gasteiger partial charge < -0.3 is 4.74 Å². The van der Waals surface area contributed by atoms with Crippen LogP contribution in [0, 0.1) is 24.0 Å². The molecule has 0 saturated carbocycles. The Morgan fingerprint density at radius 2 is 1.90 bits per heavy atom. The van der Waals surface area contributed by atoms with Crippen LogP contribution in [0.3, 0.4) is 0 Å². The Morgan fingerprint density at radius 1 is 1.30 bits per heavy atom. The summed E-state index contributed by atoms with van der Waals surface area (Å²) >= 11 is 9.16. The molecule has 0 spiro atoms. The Labute approximate surface area is 128 Å². The van der Waals surface area contributed by atoms with Crippen LogP contribution in [0.1, 0.15) is 11.1 Å². The Hall–Kier alpha value is -1.66. The molecule has 0 aliphatic heterocycles. The van der Waals surface area contributed by atoms with Crippen molar-refractivity contribution in [2.75, 3.05) is 0 Å². The lowest BCUT2D eigenvalue weighted by molar-refractivity contribution is -0.386. The summed E-state index contributed by atoms with van der Waals surface area (Å²) in [6, 6.07) is 4.76. The highest BCUT2D eigenvalue weighted by Gasteiger charge is 2.18. The van der Waals surface area contributed by atoms with E-state index in [0.717, 1.165) is 15.6 Å². The van der Waals surface area contributed by atoms with Crippen LogP contribution in [0.25, 0.3) is 0 Å². The fraction of sp³-hybridized carbons (Fsp3) is 0.154. The highest BCUT2D eigenvalue weighted by Crippen LogP contribution is 2.33. The van der Waals surface area contributed by atoms with Crippen LogP contribution in [0.5, 0.6) is 11.6 Å². The minimum absolute atomic E-state index is 0.0828. The van der Waals surface area contributed by atoms with E-state index in [2.05, 4.69) is 20.9 Å². The van der Waals surface area contributed by atoms with E-state index in [1.807, 2.05) is 13.8 Å². The number of hydrogen-bond donors (Lipinski definition) is 0. The summed E-state index contributed by atoms with van der Waals surface area (Å²) in [5.41, 5.74) is 1.67. The van der Waals surface area contributed by atoms with Gasteiger partial charge in [-0.25, -0.2) is 4.98 Å². The number of aromatic nitrogens is 1. The second-order valence-electron chi connectivity index (χ2n) is 4.21. The van der Waals surface area contributed by atoms with Crippen LogP contribution >= 0.6 is 27.5 Å². The number of rotatable bonds is 3. The smallest absolute Gasteiger partial charge is 0.332 e. The normalized spacial score (nSPS) is 10.4. The molecule has 0 aliphatic rings. The highest BCUT2D eigenvalue weighted by atomic mass is 79.9. The summed E-state index contributed by atoms with van der Waals surface area (Å²) in [6.45, 7) is 3.82. The van der Waals surface area contributed by atoms with Gasteiger partial charge in [0.2, 0.25) is 0 Å².